The van der Waals surface area contributed by atoms with Gasteiger partial charge in [-0.05, 0) is 19.1 Å². The van der Waals surface area contributed by atoms with E-state index in [2.05, 4.69) is 21.3 Å². The highest BCUT2D eigenvalue weighted by Gasteiger charge is 2.32. The molecule has 0 bridgehead atoms. The number of hydrogen-bond donors (Lipinski definition) is 2. The molecule has 2 aromatic rings. The summed E-state index contributed by atoms with van der Waals surface area (Å²) in [4.78, 5) is 19.5. The highest BCUT2D eigenvalue weighted by molar-refractivity contribution is 5.80. The number of amides is 1. The lowest BCUT2D eigenvalue weighted by Crippen LogP contribution is -3.19. The number of pyridine rings is 1. The van der Waals surface area contributed by atoms with Crippen molar-refractivity contribution in [3.05, 3.63) is 54.2 Å². The maximum Gasteiger partial charge on any atom is 0.278 e. The number of H-pyrrole nitrogens is 1. The summed E-state index contributed by atoms with van der Waals surface area (Å²) >= 11 is 0. The third kappa shape index (κ3) is 4.32. The Labute approximate surface area is 154 Å². The quantitative estimate of drug-likeness (QED) is 0.761. The number of ether oxygens (including phenoxy) is 1. The zero-order valence-corrected chi connectivity index (χ0v) is 15.5. The van der Waals surface area contributed by atoms with Crippen LogP contribution in [0.2, 0.25) is 0 Å². The molecule has 1 aliphatic rings. The molecule has 1 fully saturated rings. The molecule has 0 saturated carbocycles. The van der Waals surface area contributed by atoms with Crippen molar-refractivity contribution in [2.24, 2.45) is 0 Å². The first-order chi connectivity index (χ1) is 12.7. The van der Waals surface area contributed by atoms with Gasteiger partial charge in [-0.3, -0.25) is 9.69 Å². The van der Waals surface area contributed by atoms with E-state index in [9.17, 15) is 4.79 Å². The number of carbonyl (C=O) groups excluding carboxylic acids is 1. The fraction of sp³-hybridized carbons (Fsp3) is 0.400. The molecule has 0 aliphatic carbocycles. The number of anilines is 1. The van der Waals surface area contributed by atoms with Crippen LogP contribution in [0.5, 0.6) is 5.75 Å². The molecule has 1 amide bonds. The highest BCUT2D eigenvalue weighted by Crippen LogP contribution is 2.16. The number of carbonyl (C=O) groups is 1. The molecule has 6 nitrogen and oxygen atoms in total. The number of nitrogens with zero attached hydrogens (tertiary/aromatic N) is 1. The van der Waals surface area contributed by atoms with Gasteiger partial charge in [0.15, 0.2) is 6.04 Å². The van der Waals surface area contributed by atoms with Crippen molar-refractivity contribution in [2.75, 3.05) is 38.2 Å². The summed E-state index contributed by atoms with van der Waals surface area (Å²) < 4.78 is 5.34. The summed E-state index contributed by atoms with van der Waals surface area (Å²) in [6.07, 6.45) is 1.95. The van der Waals surface area contributed by atoms with Gasteiger partial charge < -0.3 is 15.0 Å². The van der Waals surface area contributed by atoms with Crippen molar-refractivity contribution < 1.29 is 19.4 Å². The molecule has 6 heteroatoms. The molecule has 26 heavy (non-hydrogen) atoms. The molecule has 0 radical (unpaired) electrons. The number of aromatic amines is 1. The number of aromatic nitrogens is 1. The van der Waals surface area contributed by atoms with Crippen LogP contribution >= 0.6 is 0 Å². The topological polar surface area (TPSA) is 60.1 Å². The van der Waals surface area contributed by atoms with Crippen molar-refractivity contribution in [1.82, 2.24) is 5.32 Å². The lowest BCUT2D eigenvalue weighted by molar-refractivity contribution is -0.914. The predicted octanol–water partition coefficient (Wildman–Crippen LogP) is -0.0809. The zero-order valence-electron chi connectivity index (χ0n) is 15.5. The van der Waals surface area contributed by atoms with Gasteiger partial charge in [-0.25, -0.2) is 4.98 Å². The predicted molar refractivity (Wildman–Crippen MR) is 100 cm³/mol. The number of nitrogens with one attached hydrogen (secondary N) is 3. The van der Waals surface area contributed by atoms with Gasteiger partial charge in [0.05, 0.1) is 13.3 Å². The Kier molecular flexibility index (Phi) is 6.07. The van der Waals surface area contributed by atoms with Gasteiger partial charge in [0, 0.05) is 18.2 Å². The number of methoxy groups -OCH3 is 1. The van der Waals surface area contributed by atoms with Gasteiger partial charge in [-0.2, -0.15) is 0 Å². The van der Waals surface area contributed by atoms with Crippen LogP contribution in [0.4, 0.5) is 5.82 Å². The molecule has 0 spiro atoms. The Bertz CT molecular complexity index is 715. The van der Waals surface area contributed by atoms with Crippen LogP contribution in [0.15, 0.2) is 48.7 Å². The molecule has 1 saturated heterocycles. The first kappa shape index (κ1) is 18.2. The van der Waals surface area contributed by atoms with Crippen molar-refractivity contribution in [1.29, 1.82) is 0 Å². The molecular weight excluding hydrogens is 328 g/mol. The SMILES string of the molecule is COc1ccccc1CNC(=O)[C@@H](C)[NH+]1CCN(c2cccc[nH+]2)CC1. The Balaban J connectivity index is 1.50. The molecule has 1 atom stereocenters. The van der Waals surface area contributed by atoms with E-state index in [1.54, 1.807) is 7.11 Å². The molecule has 1 aliphatic heterocycles. The fourth-order valence-corrected chi connectivity index (χ4v) is 3.42. The van der Waals surface area contributed by atoms with Gasteiger partial charge >= 0.3 is 0 Å². The van der Waals surface area contributed by atoms with Gasteiger partial charge in [0.25, 0.3) is 11.7 Å². The van der Waals surface area contributed by atoms with Crippen molar-refractivity contribution >= 4 is 11.7 Å². The van der Waals surface area contributed by atoms with E-state index >= 15 is 0 Å². The lowest BCUT2D eigenvalue weighted by atomic mass is 10.1. The van der Waals surface area contributed by atoms with Crippen molar-refractivity contribution in [2.45, 2.75) is 19.5 Å². The fourth-order valence-electron chi connectivity index (χ4n) is 3.42. The minimum atomic E-state index is -0.0633. The first-order valence-electron chi connectivity index (χ1n) is 9.15. The van der Waals surface area contributed by atoms with Gasteiger partial charge in [0.1, 0.15) is 31.9 Å². The number of quaternary nitrogens is 1. The third-order valence-electron chi connectivity index (χ3n) is 5.09. The summed E-state index contributed by atoms with van der Waals surface area (Å²) in [6.45, 7) is 6.29. The molecule has 3 N–H and O–H groups in total. The Morgan fingerprint density at radius 3 is 2.65 bits per heavy atom. The van der Waals surface area contributed by atoms with E-state index in [-0.39, 0.29) is 11.9 Å². The van der Waals surface area contributed by atoms with Crippen LogP contribution in [0, 0.1) is 0 Å². The summed E-state index contributed by atoms with van der Waals surface area (Å²) in [5.41, 5.74) is 0.995. The lowest BCUT2D eigenvalue weighted by Gasteiger charge is -2.31. The second-order valence-electron chi connectivity index (χ2n) is 6.64. The molecular formula is C20H28N4O2+2. The van der Waals surface area contributed by atoms with E-state index in [0.717, 1.165) is 43.3 Å². The average molecular weight is 356 g/mol. The number of benzene rings is 1. The maximum absolute atomic E-state index is 12.6. The monoisotopic (exact) mass is 356 g/mol. The minimum absolute atomic E-state index is 0.0633. The van der Waals surface area contributed by atoms with Crippen molar-refractivity contribution in [3.8, 4) is 5.75 Å². The van der Waals surface area contributed by atoms with Crippen LogP contribution in [-0.4, -0.2) is 45.2 Å². The normalized spacial score (nSPS) is 16.2. The van der Waals surface area contributed by atoms with Crippen molar-refractivity contribution in [3.63, 3.8) is 0 Å². The summed E-state index contributed by atoms with van der Waals surface area (Å²) in [6, 6.07) is 13.8. The zero-order chi connectivity index (χ0) is 18.4. The van der Waals surface area contributed by atoms with E-state index in [1.807, 2.05) is 49.5 Å². The second kappa shape index (κ2) is 8.67. The first-order valence-corrected chi connectivity index (χ1v) is 9.15. The van der Waals surface area contributed by atoms with Gasteiger partial charge in [-0.15, -0.1) is 0 Å². The maximum atomic E-state index is 12.6. The van der Waals surface area contributed by atoms with Crippen LogP contribution in [0.3, 0.4) is 0 Å². The summed E-state index contributed by atoms with van der Waals surface area (Å²) in [5, 5.41) is 3.05. The number of piperazine rings is 1. The van der Waals surface area contributed by atoms with Crippen LogP contribution in [-0.2, 0) is 11.3 Å². The van der Waals surface area contributed by atoms with Gasteiger partial charge in [0.2, 0.25) is 0 Å². The highest BCUT2D eigenvalue weighted by atomic mass is 16.5. The van der Waals surface area contributed by atoms with E-state index in [4.69, 9.17) is 4.74 Å². The average Bonchev–Trinajstić information content (AvgIpc) is 2.72. The Morgan fingerprint density at radius 2 is 1.96 bits per heavy atom. The standard InChI is InChI=1S/C20H26N4O2/c1-16(20(25)22-15-17-7-3-4-8-18(17)26-2)23-11-13-24(14-12-23)19-9-5-6-10-21-19/h3-10,16H,11-15H2,1-2H3,(H,22,25)/p+2/t16-/m1/s1. The van der Waals surface area contributed by atoms with Crippen LogP contribution in [0.25, 0.3) is 0 Å². The van der Waals surface area contributed by atoms with Crippen LogP contribution < -0.4 is 24.8 Å². The third-order valence-corrected chi connectivity index (χ3v) is 5.09. The summed E-state index contributed by atoms with van der Waals surface area (Å²) in [7, 11) is 1.65. The van der Waals surface area contributed by atoms with E-state index < -0.39 is 0 Å². The molecule has 1 aromatic heterocycles. The Hall–Kier alpha value is -2.60. The van der Waals surface area contributed by atoms with Crippen LogP contribution in [0.1, 0.15) is 12.5 Å². The largest absolute Gasteiger partial charge is 0.496 e. The smallest absolute Gasteiger partial charge is 0.278 e. The summed E-state index contributed by atoms with van der Waals surface area (Å²) in [5.74, 6) is 2.03. The van der Waals surface area contributed by atoms with E-state index in [0.29, 0.717) is 6.54 Å². The van der Waals surface area contributed by atoms with Gasteiger partial charge in [-0.1, -0.05) is 24.3 Å². The molecule has 3 rings (SSSR count). The molecule has 1 aromatic carbocycles. The minimum Gasteiger partial charge on any atom is -0.496 e. The molecule has 138 valence electrons. The number of para-hydroxylation sites is 1. The molecule has 0 unspecified atom stereocenters. The molecule has 2 heterocycles. The second-order valence-corrected chi connectivity index (χ2v) is 6.64. The van der Waals surface area contributed by atoms with E-state index in [1.165, 1.54) is 4.90 Å². The number of hydrogen-bond acceptors (Lipinski definition) is 3. The Morgan fingerprint density at radius 1 is 1.23 bits per heavy atom. The number of rotatable bonds is 6.